The zero-order valence-electron chi connectivity index (χ0n) is 7.02. The molecule has 14 heavy (non-hydrogen) atoms. The minimum absolute atomic E-state index is 0.264. The fourth-order valence-corrected chi connectivity index (χ4v) is 1.13. The molecule has 0 spiro atoms. The molecule has 4 N–H and O–H groups in total. The van der Waals surface area contributed by atoms with Crippen LogP contribution in [0.3, 0.4) is 0 Å². The summed E-state index contributed by atoms with van der Waals surface area (Å²) in [4.78, 5) is 26.1. The molecule has 7 heteroatoms. The number of H-pyrrole nitrogens is 2. The topological polar surface area (TPSA) is 110 Å². The molecule has 0 aliphatic rings. The molecule has 0 fully saturated rings. The number of hydrogen-bond acceptors (Lipinski definition) is 4. The fraction of sp³-hybridized carbons (Fsp3) is 0. The van der Waals surface area contributed by atoms with Gasteiger partial charge in [-0.1, -0.05) is 0 Å². The monoisotopic (exact) mass is 193 g/mol. The van der Waals surface area contributed by atoms with Crippen molar-refractivity contribution in [3.8, 4) is 5.69 Å². The number of nitrogens with one attached hydrogen (secondary N) is 2. The van der Waals surface area contributed by atoms with Crippen molar-refractivity contribution in [3.05, 3.63) is 39.4 Å². The van der Waals surface area contributed by atoms with E-state index in [9.17, 15) is 9.59 Å². The van der Waals surface area contributed by atoms with E-state index < -0.39 is 11.4 Å². The molecule has 2 rings (SSSR count). The van der Waals surface area contributed by atoms with Crippen LogP contribution in [0, 0.1) is 0 Å². The van der Waals surface area contributed by atoms with Gasteiger partial charge in [-0.2, -0.15) is 0 Å². The zero-order valence-corrected chi connectivity index (χ0v) is 7.02. The molecule has 0 radical (unpaired) electrons. The van der Waals surface area contributed by atoms with Crippen molar-refractivity contribution in [1.29, 1.82) is 0 Å². The molecule has 0 aromatic carbocycles. The van der Waals surface area contributed by atoms with Gasteiger partial charge in [0.1, 0.15) is 0 Å². The minimum atomic E-state index is -0.562. The SMILES string of the molecule is Nc1cnccc1-n1c(=O)[nH][nH]c1=O. The Labute approximate surface area is 77.2 Å². The number of nitrogen functional groups attached to an aromatic ring is 1. The van der Waals surface area contributed by atoms with Crippen molar-refractivity contribution in [2.45, 2.75) is 0 Å². The lowest BCUT2D eigenvalue weighted by atomic mass is 10.3. The number of nitrogens with two attached hydrogens (primary N) is 1. The number of pyridine rings is 1. The van der Waals surface area contributed by atoms with Crippen LogP contribution < -0.4 is 17.1 Å². The van der Waals surface area contributed by atoms with Gasteiger partial charge in [0.25, 0.3) is 0 Å². The Morgan fingerprint density at radius 1 is 1.29 bits per heavy atom. The van der Waals surface area contributed by atoms with Gasteiger partial charge in [-0.3, -0.25) is 4.98 Å². The predicted octanol–water partition coefficient (Wildman–Crippen LogP) is -1.17. The summed E-state index contributed by atoms with van der Waals surface area (Å²) >= 11 is 0. The van der Waals surface area contributed by atoms with E-state index in [1.54, 1.807) is 0 Å². The first-order valence-corrected chi connectivity index (χ1v) is 3.79. The lowest BCUT2D eigenvalue weighted by Gasteiger charge is -2.01. The molecular formula is C7H7N5O2. The number of aromatic nitrogens is 4. The largest absolute Gasteiger partial charge is 0.396 e. The van der Waals surface area contributed by atoms with Crippen molar-refractivity contribution in [2.24, 2.45) is 0 Å². The second-order valence-corrected chi connectivity index (χ2v) is 2.63. The van der Waals surface area contributed by atoms with Gasteiger partial charge in [0.15, 0.2) is 0 Å². The normalized spacial score (nSPS) is 10.3. The first-order valence-electron chi connectivity index (χ1n) is 3.79. The zero-order chi connectivity index (χ0) is 10.1. The van der Waals surface area contributed by atoms with E-state index in [1.807, 2.05) is 0 Å². The molecule has 0 aliphatic heterocycles. The molecule has 2 heterocycles. The molecular weight excluding hydrogens is 186 g/mol. The maximum Gasteiger partial charge on any atom is 0.349 e. The lowest BCUT2D eigenvalue weighted by molar-refractivity contribution is 0.950. The summed E-state index contributed by atoms with van der Waals surface area (Å²) < 4.78 is 0.900. The molecule has 2 aromatic heterocycles. The molecule has 0 saturated heterocycles. The summed E-state index contributed by atoms with van der Waals surface area (Å²) in [6, 6.07) is 1.49. The molecule has 0 amide bonds. The molecule has 72 valence electrons. The van der Waals surface area contributed by atoms with Crippen LogP contribution in [0.4, 0.5) is 5.69 Å². The van der Waals surface area contributed by atoms with Crippen LogP contribution in [0.2, 0.25) is 0 Å². The van der Waals surface area contributed by atoms with E-state index in [1.165, 1.54) is 18.5 Å². The summed E-state index contributed by atoms with van der Waals surface area (Å²) in [7, 11) is 0. The van der Waals surface area contributed by atoms with Gasteiger partial charge in [-0.15, -0.1) is 0 Å². The van der Waals surface area contributed by atoms with Crippen LogP contribution in [0.5, 0.6) is 0 Å². The van der Waals surface area contributed by atoms with Crippen molar-refractivity contribution >= 4 is 5.69 Å². The second-order valence-electron chi connectivity index (χ2n) is 2.63. The third-order valence-electron chi connectivity index (χ3n) is 1.75. The molecule has 0 atom stereocenters. The highest BCUT2D eigenvalue weighted by Gasteiger charge is 2.07. The highest BCUT2D eigenvalue weighted by Crippen LogP contribution is 2.09. The molecule has 0 aliphatic carbocycles. The van der Waals surface area contributed by atoms with Crippen LogP contribution in [0.1, 0.15) is 0 Å². The van der Waals surface area contributed by atoms with E-state index in [0.717, 1.165) is 4.57 Å². The van der Waals surface area contributed by atoms with Crippen molar-refractivity contribution < 1.29 is 0 Å². The van der Waals surface area contributed by atoms with Crippen LogP contribution in [-0.2, 0) is 0 Å². The van der Waals surface area contributed by atoms with E-state index in [2.05, 4.69) is 15.2 Å². The van der Waals surface area contributed by atoms with Crippen molar-refractivity contribution in [2.75, 3.05) is 5.73 Å². The van der Waals surface area contributed by atoms with E-state index in [4.69, 9.17) is 5.73 Å². The second kappa shape index (κ2) is 2.87. The van der Waals surface area contributed by atoms with Gasteiger partial charge < -0.3 is 5.73 Å². The average molecular weight is 193 g/mol. The summed E-state index contributed by atoms with van der Waals surface area (Å²) in [5.41, 5.74) is 5.01. The fourth-order valence-electron chi connectivity index (χ4n) is 1.13. The smallest absolute Gasteiger partial charge is 0.349 e. The summed E-state index contributed by atoms with van der Waals surface area (Å²) in [5, 5.41) is 4.31. The molecule has 0 saturated carbocycles. The van der Waals surface area contributed by atoms with Crippen LogP contribution >= 0.6 is 0 Å². The van der Waals surface area contributed by atoms with Crippen molar-refractivity contribution in [3.63, 3.8) is 0 Å². The average Bonchev–Trinajstić information content (AvgIpc) is 2.48. The van der Waals surface area contributed by atoms with E-state index in [-0.39, 0.29) is 5.69 Å². The van der Waals surface area contributed by atoms with Gasteiger partial charge in [-0.25, -0.2) is 24.4 Å². The molecule has 7 nitrogen and oxygen atoms in total. The number of anilines is 1. The van der Waals surface area contributed by atoms with Gasteiger partial charge >= 0.3 is 11.4 Å². The Kier molecular flexibility index (Phi) is 1.70. The van der Waals surface area contributed by atoms with Gasteiger partial charge in [0, 0.05) is 6.20 Å². The Balaban J connectivity index is 2.79. The maximum absolute atomic E-state index is 11.2. The maximum atomic E-state index is 11.2. The lowest BCUT2D eigenvalue weighted by Crippen LogP contribution is -2.25. The third kappa shape index (κ3) is 1.11. The highest BCUT2D eigenvalue weighted by atomic mass is 16.2. The van der Waals surface area contributed by atoms with Gasteiger partial charge in [0.2, 0.25) is 0 Å². The number of nitrogens with zero attached hydrogens (tertiary/aromatic N) is 2. The van der Waals surface area contributed by atoms with Crippen LogP contribution in [0.15, 0.2) is 28.0 Å². The predicted molar refractivity (Wildman–Crippen MR) is 49.2 cm³/mol. The number of rotatable bonds is 1. The van der Waals surface area contributed by atoms with Crippen LogP contribution in [-0.4, -0.2) is 19.7 Å². The Bertz CT molecular complexity index is 536. The van der Waals surface area contributed by atoms with Gasteiger partial charge in [-0.05, 0) is 6.07 Å². The quantitative estimate of drug-likeness (QED) is 0.530. The van der Waals surface area contributed by atoms with Gasteiger partial charge in [0.05, 0.1) is 17.6 Å². The first-order chi connectivity index (χ1) is 6.70. The summed E-state index contributed by atoms with van der Waals surface area (Å²) in [6.07, 6.45) is 2.82. The minimum Gasteiger partial charge on any atom is -0.396 e. The molecule has 0 unspecified atom stereocenters. The van der Waals surface area contributed by atoms with Crippen LogP contribution in [0.25, 0.3) is 5.69 Å². The first kappa shape index (κ1) is 8.30. The molecule has 2 aromatic rings. The Morgan fingerprint density at radius 2 is 1.93 bits per heavy atom. The van der Waals surface area contributed by atoms with E-state index >= 15 is 0 Å². The highest BCUT2D eigenvalue weighted by molar-refractivity contribution is 5.55. The van der Waals surface area contributed by atoms with E-state index in [0.29, 0.717) is 5.69 Å². The standard InChI is InChI=1S/C7H7N5O2/c8-4-3-9-2-1-5(4)12-6(13)10-11-7(12)14/h1-3H,8H2,(H,10,13)(H,11,14). The Morgan fingerprint density at radius 3 is 2.50 bits per heavy atom. The number of aromatic amines is 2. The third-order valence-corrected chi connectivity index (χ3v) is 1.75. The number of hydrogen-bond donors (Lipinski definition) is 3. The summed E-state index contributed by atoms with van der Waals surface area (Å²) in [5.74, 6) is 0. The summed E-state index contributed by atoms with van der Waals surface area (Å²) in [6.45, 7) is 0. The Hall–Kier alpha value is -2.31. The molecule has 0 bridgehead atoms. The van der Waals surface area contributed by atoms with Crippen molar-refractivity contribution in [1.82, 2.24) is 19.7 Å².